The van der Waals surface area contributed by atoms with Gasteiger partial charge in [0.05, 0.1) is 16.7 Å². The number of hydrogen-bond donors (Lipinski definition) is 1. The number of carbonyl (C=O) groups excluding carboxylic acids is 2. The second-order valence-corrected chi connectivity index (χ2v) is 6.50. The number of carbonyl (C=O) groups is 2. The fourth-order valence-corrected chi connectivity index (χ4v) is 3.63. The smallest absolute Gasteiger partial charge is 0.256 e. The Kier molecular flexibility index (Phi) is 3.99. The Bertz CT molecular complexity index is 889. The number of likely N-dealkylation sites (tertiary alicyclic amines) is 1. The van der Waals surface area contributed by atoms with Crippen LogP contribution in [0.15, 0.2) is 53.9 Å². The number of aromatic nitrogens is 1. The van der Waals surface area contributed by atoms with Crippen LogP contribution in [0.1, 0.15) is 28.8 Å². The van der Waals surface area contributed by atoms with E-state index in [1.165, 1.54) is 12.1 Å². The SMILES string of the molecule is O=C(c1ccccc1F)N1CCC2(CC1)C(=O)NN=C2c1cccnc1. The van der Waals surface area contributed by atoms with E-state index in [-0.39, 0.29) is 17.4 Å². The summed E-state index contributed by atoms with van der Waals surface area (Å²) in [7, 11) is 0. The van der Waals surface area contributed by atoms with E-state index in [0.29, 0.717) is 31.6 Å². The number of hydrogen-bond acceptors (Lipinski definition) is 4. The van der Waals surface area contributed by atoms with Crippen molar-refractivity contribution in [3.05, 3.63) is 65.7 Å². The third-order valence-corrected chi connectivity index (χ3v) is 5.10. The minimum atomic E-state index is -0.769. The molecule has 0 atom stereocenters. The zero-order valence-corrected chi connectivity index (χ0v) is 14.0. The summed E-state index contributed by atoms with van der Waals surface area (Å²) in [5, 5.41) is 4.22. The molecule has 2 aliphatic heterocycles. The van der Waals surface area contributed by atoms with Crippen molar-refractivity contribution in [1.82, 2.24) is 15.3 Å². The highest BCUT2D eigenvalue weighted by Gasteiger charge is 2.50. The van der Waals surface area contributed by atoms with Crippen LogP contribution >= 0.6 is 0 Å². The first-order valence-corrected chi connectivity index (χ1v) is 8.45. The molecule has 1 N–H and O–H groups in total. The van der Waals surface area contributed by atoms with Crippen LogP contribution in [-0.4, -0.2) is 40.5 Å². The molecule has 0 unspecified atom stereocenters. The van der Waals surface area contributed by atoms with Gasteiger partial charge in [-0.1, -0.05) is 12.1 Å². The van der Waals surface area contributed by atoms with Gasteiger partial charge >= 0.3 is 0 Å². The normalized spacial score (nSPS) is 18.6. The lowest BCUT2D eigenvalue weighted by atomic mass is 9.72. The van der Waals surface area contributed by atoms with E-state index >= 15 is 0 Å². The maximum absolute atomic E-state index is 13.9. The van der Waals surface area contributed by atoms with Crippen LogP contribution in [0, 0.1) is 11.2 Å². The molecule has 4 rings (SSSR count). The van der Waals surface area contributed by atoms with Crippen LogP contribution in [0.25, 0.3) is 0 Å². The minimum Gasteiger partial charge on any atom is -0.338 e. The average Bonchev–Trinajstić information content (AvgIpc) is 2.99. The molecule has 132 valence electrons. The standard InChI is InChI=1S/C19H17FN4O2/c20-15-6-2-1-5-14(15)17(25)24-10-7-19(8-11-24)16(22-23-18(19)26)13-4-3-9-21-12-13/h1-6,9,12H,7-8,10-11H2,(H,23,26). The molecule has 1 aromatic heterocycles. The zero-order chi connectivity index (χ0) is 18.1. The number of piperidine rings is 1. The molecule has 7 heteroatoms. The first-order chi connectivity index (χ1) is 12.6. The van der Waals surface area contributed by atoms with Gasteiger partial charge in [0.2, 0.25) is 0 Å². The van der Waals surface area contributed by atoms with Gasteiger partial charge in [0.1, 0.15) is 5.82 Å². The summed E-state index contributed by atoms with van der Waals surface area (Å²) in [5.41, 5.74) is 3.31. The quantitative estimate of drug-likeness (QED) is 0.898. The highest BCUT2D eigenvalue weighted by Crippen LogP contribution is 2.38. The van der Waals surface area contributed by atoms with Crippen molar-refractivity contribution in [2.75, 3.05) is 13.1 Å². The van der Waals surface area contributed by atoms with E-state index in [1.54, 1.807) is 35.5 Å². The number of nitrogens with zero attached hydrogens (tertiary/aromatic N) is 3. The summed E-state index contributed by atoms with van der Waals surface area (Å²) in [6, 6.07) is 9.61. The fraction of sp³-hybridized carbons (Fsp3) is 0.263. The van der Waals surface area contributed by atoms with Gasteiger partial charge in [-0.2, -0.15) is 5.10 Å². The molecule has 0 aliphatic carbocycles. The summed E-state index contributed by atoms with van der Waals surface area (Å²) in [4.78, 5) is 30.8. The Morgan fingerprint density at radius 2 is 1.92 bits per heavy atom. The van der Waals surface area contributed by atoms with Gasteiger partial charge in [0.15, 0.2) is 0 Å². The van der Waals surface area contributed by atoms with Gasteiger partial charge in [-0.3, -0.25) is 14.6 Å². The second-order valence-electron chi connectivity index (χ2n) is 6.50. The topological polar surface area (TPSA) is 74.7 Å². The molecule has 1 aromatic carbocycles. The molecule has 1 saturated heterocycles. The van der Waals surface area contributed by atoms with Gasteiger partial charge in [0, 0.05) is 31.0 Å². The first kappa shape index (κ1) is 16.4. The molecule has 0 radical (unpaired) electrons. The summed E-state index contributed by atoms with van der Waals surface area (Å²) in [6.45, 7) is 0.722. The number of nitrogens with one attached hydrogen (secondary N) is 1. The van der Waals surface area contributed by atoms with E-state index < -0.39 is 11.2 Å². The summed E-state index contributed by atoms with van der Waals surface area (Å²) in [5.74, 6) is -1.04. The van der Waals surface area contributed by atoms with Crippen LogP contribution in [-0.2, 0) is 4.79 Å². The van der Waals surface area contributed by atoms with Gasteiger partial charge in [-0.25, -0.2) is 9.82 Å². The number of pyridine rings is 1. The van der Waals surface area contributed by atoms with Gasteiger partial charge in [-0.05, 0) is 37.1 Å². The molecule has 0 bridgehead atoms. The molecule has 3 heterocycles. The predicted molar refractivity (Wildman–Crippen MR) is 92.9 cm³/mol. The Labute approximate surface area is 149 Å². The third kappa shape index (κ3) is 2.56. The molecular formula is C19H17FN4O2. The maximum atomic E-state index is 13.9. The van der Waals surface area contributed by atoms with Gasteiger partial charge in [-0.15, -0.1) is 0 Å². The molecule has 26 heavy (non-hydrogen) atoms. The highest BCUT2D eigenvalue weighted by atomic mass is 19.1. The van der Waals surface area contributed by atoms with Crippen molar-refractivity contribution in [2.24, 2.45) is 10.5 Å². The third-order valence-electron chi connectivity index (χ3n) is 5.10. The molecule has 6 nitrogen and oxygen atoms in total. The lowest BCUT2D eigenvalue weighted by Gasteiger charge is -2.38. The summed E-state index contributed by atoms with van der Waals surface area (Å²) >= 11 is 0. The molecule has 1 spiro atoms. The highest BCUT2D eigenvalue weighted by molar-refractivity contribution is 6.19. The number of halogens is 1. The molecule has 1 fully saturated rings. The molecule has 2 amide bonds. The average molecular weight is 352 g/mol. The Hall–Kier alpha value is -3.09. The van der Waals surface area contributed by atoms with Crippen LogP contribution in [0.5, 0.6) is 0 Å². The summed E-state index contributed by atoms with van der Waals surface area (Å²) in [6.07, 6.45) is 4.22. The number of amides is 2. The molecule has 2 aromatic rings. The number of hydrazone groups is 1. The van der Waals surface area contributed by atoms with Crippen molar-refractivity contribution in [3.8, 4) is 0 Å². The lowest BCUT2D eigenvalue weighted by Crippen LogP contribution is -2.50. The second kappa shape index (κ2) is 6.33. The van der Waals surface area contributed by atoms with Crippen molar-refractivity contribution in [2.45, 2.75) is 12.8 Å². The van der Waals surface area contributed by atoms with Crippen molar-refractivity contribution < 1.29 is 14.0 Å². The van der Waals surface area contributed by atoms with Crippen LogP contribution in [0.3, 0.4) is 0 Å². The van der Waals surface area contributed by atoms with E-state index in [9.17, 15) is 14.0 Å². The minimum absolute atomic E-state index is 0.0560. The van der Waals surface area contributed by atoms with Crippen LogP contribution < -0.4 is 5.43 Å². The molecule has 2 aliphatic rings. The van der Waals surface area contributed by atoms with E-state index in [2.05, 4.69) is 15.5 Å². The first-order valence-electron chi connectivity index (χ1n) is 8.45. The number of rotatable bonds is 2. The van der Waals surface area contributed by atoms with Crippen LogP contribution in [0.4, 0.5) is 4.39 Å². The van der Waals surface area contributed by atoms with Crippen molar-refractivity contribution >= 4 is 17.5 Å². The fourth-order valence-electron chi connectivity index (χ4n) is 3.63. The van der Waals surface area contributed by atoms with Crippen molar-refractivity contribution in [1.29, 1.82) is 0 Å². The monoisotopic (exact) mass is 352 g/mol. The van der Waals surface area contributed by atoms with E-state index in [4.69, 9.17) is 0 Å². The zero-order valence-electron chi connectivity index (χ0n) is 14.0. The van der Waals surface area contributed by atoms with E-state index in [1.807, 2.05) is 6.07 Å². The van der Waals surface area contributed by atoms with Crippen molar-refractivity contribution in [3.63, 3.8) is 0 Å². The largest absolute Gasteiger partial charge is 0.338 e. The molecular weight excluding hydrogens is 335 g/mol. The van der Waals surface area contributed by atoms with Crippen LogP contribution in [0.2, 0.25) is 0 Å². The Balaban J connectivity index is 1.55. The number of benzene rings is 1. The molecule has 0 saturated carbocycles. The van der Waals surface area contributed by atoms with E-state index in [0.717, 1.165) is 5.56 Å². The predicted octanol–water partition coefficient (Wildman–Crippen LogP) is 1.98. The Morgan fingerprint density at radius 1 is 1.15 bits per heavy atom. The lowest BCUT2D eigenvalue weighted by molar-refractivity contribution is -0.127. The maximum Gasteiger partial charge on any atom is 0.256 e. The summed E-state index contributed by atoms with van der Waals surface area (Å²) < 4.78 is 13.9. The Morgan fingerprint density at radius 3 is 2.62 bits per heavy atom. The van der Waals surface area contributed by atoms with Gasteiger partial charge in [0.25, 0.3) is 11.8 Å². The van der Waals surface area contributed by atoms with Gasteiger partial charge < -0.3 is 4.90 Å².